The molecule has 0 rings (SSSR count). The zero-order valence-corrected chi connectivity index (χ0v) is 13.9. The Morgan fingerprint density at radius 2 is 1.82 bits per heavy atom. The summed E-state index contributed by atoms with van der Waals surface area (Å²) >= 11 is 0. The molecule has 1 unspecified atom stereocenters. The van der Waals surface area contributed by atoms with Gasteiger partial charge in [-0.25, -0.2) is 9.59 Å². The molecule has 0 aromatic rings. The third-order valence-corrected chi connectivity index (χ3v) is 2.81. The lowest BCUT2D eigenvalue weighted by Gasteiger charge is -2.13. The highest BCUT2D eigenvalue weighted by atomic mass is 16.6. The number of imide groups is 1. The molecule has 0 aliphatic rings. The molecule has 0 heterocycles. The van der Waals surface area contributed by atoms with E-state index in [0.717, 1.165) is 19.3 Å². The largest absolute Gasteiger partial charge is 0.454 e. The van der Waals surface area contributed by atoms with Gasteiger partial charge in [0.25, 0.3) is 5.91 Å². The van der Waals surface area contributed by atoms with Crippen molar-refractivity contribution in [2.24, 2.45) is 5.92 Å². The van der Waals surface area contributed by atoms with Crippen LogP contribution in [0.15, 0.2) is 0 Å². The van der Waals surface area contributed by atoms with E-state index >= 15 is 0 Å². The molecule has 0 spiro atoms. The Morgan fingerprint density at radius 1 is 1.14 bits per heavy atom. The third-order valence-electron chi connectivity index (χ3n) is 2.81. The van der Waals surface area contributed by atoms with Crippen molar-refractivity contribution < 1.29 is 23.9 Å². The summed E-state index contributed by atoms with van der Waals surface area (Å²) < 4.78 is 10.1. The van der Waals surface area contributed by atoms with Gasteiger partial charge in [-0.3, -0.25) is 10.1 Å². The number of rotatable bonds is 10. The van der Waals surface area contributed by atoms with Gasteiger partial charge in [-0.1, -0.05) is 27.2 Å². The van der Waals surface area contributed by atoms with Crippen molar-refractivity contribution in [1.29, 1.82) is 0 Å². The van der Waals surface area contributed by atoms with Crippen LogP contribution in [0.3, 0.4) is 0 Å². The molecule has 7 nitrogen and oxygen atoms in total. The van der Waals surface area contributed by atoms with Gasteiger partial charge in [0.2, 0.25) is 0 Å². The van der Waals surface area contributed by atoms with Crippen LogP contribution in [0.4, 0.5) is 4.79 Å². The van der Waals surface area contributed by atoms with Crippen LogP contribution in [0, 0.1) is 5.92 Å². The van der Waals surface area contributed by atoms with Gasteiger partial charge in [0.1, 0.15) is 0 Å². The van der Waals surface area contributed by atoms with E-state index in [0.29, 0.717) is 19.1 Å². The monoisotopic (exact) mass is 316 g/mol. The smallest absolute Gasteiger partial charge is 0.335 e. The number of nitrogens with one attached hydrogen (secondary N) is 2. The molecular formula is C15H28N2O5. The van der Waals surface area contributed by atoms with E-state index in [1.165, 1.54) is 0 Å². The van der Waals surface area contributed by atoms with Crippen LogP contribution in [-0.4, -0.2) is 43.8 Å². The minimum absolute atomic E-state index is 0.458. The highest BCUT2D eigenvalue weighted by molar-refractivity contribution is 5.95. The van der Waals surface area contributed by atoms with Crippen molar-refractivity contribution >= 4 is 17.9 Å². The Hall–Kier alpha value is -1.63. The van der Waals surface area contributed by atoms with E-state index in [9.17, 15) is 14.4 Å². The number of carbonyl (C=O) groups excluding carboxylic acids is 3. The van der Waals surface area contributed by atoms with Gasteiger partial charge < -0.3 is 14.8 Å². The molecule has 0 saturated carbocycles. The molecule has 0 aliphatic carbocycles. The van der Waals surface area contributed by atoms with Gasteiger partial charge in [-0.05, 0) is 25.7 Å². The van der Waals surface area contributed by atoms with Crippen molar-refractivity contribution in [1.82, 2.24) is 10.6 Å². The molecule has 0 aromatic heterocycles. The van der Waals surface area contributed by atoms with Crippen molar-refractivity contribution in [3.05, 3.63) is 0 Å². The second-order valence-electron chi connectivity index (χ2n) is 5.46. The fourth-order valence-electron chi connectivity index (χ4n) is 1.39. The predicted octanol–water partition coefficient (Wildman–Crippen LogP) is 1.61. The fraction of sp³-hybridized carbons (Fsp3) is 0.800. The van der Waals surface area contributed by atoms with E-state index < -0.39 is 30.6 Å². The first kappa shape index (κ1) is 20.4. The molecule has 22 heavy (non-hydrogen) atoms. The molecule has 0 aromatic carbocycles. The van der Waals surface area contributed by atoms with Crippen LogP contribution >= 0.6 is 0 Å². The standard InChI is InChI=1S/C15H28N2O5/c1-5-6-8-16-15(20)17-13(18)10-22-14(19)12(4)21-9-7-11(2)3/h11-12H,5-10H2,1-4H3,(H2,16,17,18,20). The van der Waals surface area contributed by atoms with Crippen molar-refractivity contribution in [2.75, 3.05) is 19.8 Å². The molecule has 2 N–H and O–H groups in total. The third kappa shape index (κ3) is 11.1. The Bertz CT molecular complexity index is 358. The summed E-state index contributed by atoms with van der Waals surface area (Å²) in [5.74, 6) is -0.803. The molecule has 0 bridgehead atoms. The maximum Gasteiger partial charge on any atom is 0.335 e. The first-order valence-electron chi connectivity index (χ1n) is 7.72. The second-order valence-corrected chi connectivity index (χ2v) is 5.46. The van der Waals surface area contributed by atoms with Gasteiger partial charge in [-0.2, -0.15) is 0 Å². The maximum absolute atomic E-state index is 11.6. The summed E-state index contributed by atoms with van der Waals surface area (Å²) in [5.41, 5.74) is 0. The molecule has 1 atom stereocenters. The van der Waals surface area contributed by atoms with Crippen LogP contribution in [-0.2, 0) is 19.1 Å². The number of esters is 1. The van der Waals surface area contributed by atoms with Crippen molar-refractivity contribution in [2.45, 2.75) is 53.1 Å². The van der Waals surface area contributed by atoms with E-state index in [-0.39, 0.29) is 0 Å². The van der Waals surface area contributed by atoms with E-state index in [4.69, 9.17) is 9.47 Å². The normalized spacial score (nSPS) is 11.9. The number of urea groups is 1. The van der Waals surface area contributed by atoms with E-state index in [2.05, 4.69) is 24.5 Å². The number of ether oxygens (including phenoxy) is 2. The van der Waals surface area contributed by atoms with Gasteiger partial charge in [0.05, 0.1) is 0 Å². The van der Waals surface area contributed by atoms with Crippen LogP contribution < -0.4 is 10.6 Å². The summed E-state index contributed by atoms with van der Waals surface area (Å²) in [7, 11) is 0. The lowest BCUT2D eigenvalue weighted by atomic mass is 10.1. The Morgan fingerprint density at radius 3 is 2.41 bits per heavy atom. The maximum atomic E-state index is 11.6. The highest BCUT2D eigenvalue weighted by Gasteiger charge is 2.17. The summed E-state index contributed by atoms with van der Waals surface area (Å²) in [6.45, 7) is 8.13. The van der Waals surface area contributed by atoms with Crippen LogP contribution in [0.1, 0.15) is 47.0 Å². The van der Waals surface area contributed by atoms with Crippen LogP contribution in [0.5, 0.6) is 0 Å². The lowest BCUT2D eigenvalue weighted by molar-refractivity contribution is -0.159. The van der Waals surface area contributed by atoms with Gasteiger partial charge >= 0.3 is 12.0 Å². The first-order valence-corrected chi connectivity index (χ1v) is 7.72. The zero-order valence-electron chi connectivity index (χ0n) is 13.9. The SMILES string of the molecule is CCCCNC(=O)NC(=O)COC(=O)C(C)OCCC(C)C. The fourth-order valence-corrected chi connectivity index (χ4v) is 1.39. The topological polar surface area (TPSA) is 93.7 Å². The molecule has 0 fully saturated rings. The molecule has 0 saturated heterocycles. The second kappa shape index (κ2) is 12.0. The summed E-state index contributed by atoms with van der Waals surface area (Å²) in [6.07, 6.45) is 1.89. The number of hydrogen-bond acceptors (Lipinski definition) is 5. The highest BCUT2D eigenvalue weighted by Crippen LogP contribution is 2.02. The van der Waals surface area contributed by atoms with Gasteiger partial charge in [-0.15, -0.1) is 0 Å². The number of unbranched alkanes of at least 4 members (excludes halogenated alkanes) is 1. The Labute approximate surface area is 132 Å². The lowest BCUT2D eigenvalue weighted by Crippen LogP contribution is -2.42. The quantitative estimate of drug-likeness (QED) is 0.472. The first-order chi connectivity index (χ1) is 10.4. The molecule has 3 amide bonds. The molecule has 128 valence electrons. The summed E-state index contributed by atoms with van der Waals surface area (Å²) in [6, 6.07) is -0.587. The van der Waals surface area contributed by atoms with Crippen molar-refractivity contribution in [3.8, 4) is 0 Å². The van der Waals surface area contributed by atoms with Gasteiger partial charge in [0.15, 0.2) is 12.7 Å². The molecular weight excluding hydrogens is 288 g/mol. The minimum Gasteiger partial charge on any atom is -0.454 e. The summed E-state index contributed by atoms with van der Waals surface area (Å²) in [4.78, 5) is 34.3. The predicted molar refractivity (Wildman–Crippen MR) is 82.3 cm³/mol. The summed E-state index contributed by atoms with van der Waals surface area (Å²) in [5, 5.41) is 4.61. The Balaban J connectivity index is 3.83. The number of carbonyl (C=O) groups is 3. The average Bonchev–Trinajstić information content (AvgIpc) is 2.44. The molecule has 7 heteroatoms. The zero-order chi connectivity index (χ0) is 17.0. The van der Waals surface area contributed by atoms with Crippen molar-refractivity contribution in [3.63, 3.8) is 0 Å². The Kier molecular flexibility index (Phi) is 11.1. The number of hydrogen-bond donors (Lipinski definition) is 2. The van der Waals surface area contributed by atoms with E-state index in [1.54, 1.807) is 6.92 Å². The molecule has 0 radical (unpaired) electrons. The van der Waals surface area contributed by atoms with Crippen LogP contribution in [0.2, 0.25) is 0 Å². The van der Waals surface area contributed by atoms with E-state index in [1.807, 2.05) is 6.92 Å². The number of amides is 3. The van der Waals surface area contributed by atoms with Gasteiger partial charge in [0, 0.05) is 13.2 Å². The minimum atomic E-state index is -0.732. The molecule has 0 aliphatic heterocycles. The average molecular weight is 316 g/mol. The van der Waals surface area contributed by atoms with Crippen LogP contribution in [0.25, 0.3) is 0 Å².